The number of anilines is 1. The van der Waals surface area contributed by atoms with Crippen LogP contribution < -0.4 is 16.4 Å². The molecular weight excluding hydrogens is 378 g/mol. The second kappa shape index (κ2) is 9.98. The minimum atomic E-state index is -0.293. The zero-order valence-electron chi connectivity index (χ0n) is 15.2. The number of nitrogens with two attached hydrogens (primary N) is 2. The molecule has 1 amide bonds. The van der Waals surface area contributed by atoms with Crippen LogP contribution in [0.4, 0.5) is 11.5 Å². The summed E-state index contributed by atoms with van der Waals surface area (Å²) in [5, 5.41) is 8.36. The zero-order valence-corrected chi connectivity index (χ0v) is 16.0. The Labute approximate surface area is 167 Å². The molecule has 0 radical (unpaired) electrons. The van der Waals surface area contributed by atoms with E-state index in [-0.39, 0.29) is 29.8 Å². The van der Waals surface area contributed by atoms with Gasteiger partial charge in [-0.25, -0.2) is 15.0 Å². The monoisotopic (exact) mass is 397 g/mol. The lowest BCUT2D eigenvalue weighted by Gasteiger charge is -2.15. The van der Waals surface area contributed by atoms with Gasteiger partial charge in [-0.1, -0.05) is 23.7 Å². The number of aromatic nitrogens is 1. The third-order valence-electron chi connectivity index (χ3n) is 3.44. The Morgan fingerprint density at radius 2 is 2.04 bits per heavy atom. The highest BCUT2D eigenvalue weighted by atomic mass is 35.5. The summed E-state index contributed by atoms with van der Waals surface area (Å²) in [6.45, 7) is 0. The number of carbonyl (C=O) groups excluding carboxylic acids is 1. The first-order chi connectivity index (χ1) is 13.3. The van der Waals surface area contributed by atoms with Crippen LogP contribution in [0.3, 0.4) is 0 Å². The number of hydrogen-bond acceptors (Lipinski definition) is 4. The molecule has 5 N–H and O–H groups in total. The summed E-state index contributed by atoms with van der Waals surface area (Å²) in [4.78, 5) is 25.7. The fraction of sp³-hybridized carbons (Fsp3) is 0.105. The van der Waals surface area contributed by atoms with Gasteiger partial charge in [0.2, 0.25) is 5.91 Å². The molecule has 0 fully saturated rings. The number of pyridine rings is 1. The van der Waals surface area contributed by atoms with E-state index in [1.165, 1.54) is 17.1 Å². The van der Waals surface area contributed by atoms with E-state index in [2.05, 4.69) is 15.0 Å². The molecule has 144 valence electrons. The minimum Gasteiger partial charge on any atom is -0.387 e. The topological polar surface area (TPSA) is 134 Å². The van der Waals surface area contributed by atoms with Gasteiger partial charge in [0, 0.05) is 18.3 Å². The maximum Gasteiger partial charge on any atom is 0.235 e. The average Bonchev–Trinajstić information content (AvgIpc) is 2.66. The molecule has 1 aromatic carbocycles. The van der Waals surface area contributed by atoms with Gasteiger partial charge in [0.05, 0.1) is 12.1 Å². The highest BCUT2D eigenvalue weighted by Gasteiger charge is 2.13. The second-order valence-electron chi connectivity index (χ2n) is 5.66. The Balaban J connectivity index is 1.95. The number of amidine groups is 3. The van der Waals surface area contributed by atoms with Crippen molar-refractivity contribution in [3.63, 3.8) is 0 Å². The van der Waals surface area contributed by atoms with Crippen molar-refractivity contribution in [1.29, 1.82) is 5.41 Å². The molecule has 28 heavy (non-hydrogen) atoms. The summed E-state index contributed by atoms with van der Waals surface area (Å²) in [5.41, 5.74) is 12.2. The number of amides is 1. The van der Waals surface area contributed by atoms with Gasteiger partial charge in [0.1, 0.15) is 23.3 Å². The third kappa shape index (κ3) is 6.65. The van der Waals surface area contributed by atoms with Gasteiger partial charge in [-0.2, -0.15) is 0 Å². The van der Waals surface area contributed by atoms with Crippen molar-refractivity contribution in [2.75, 3.05) is 11.9 Å². The van der Waals surface area contributed by atoms with E-state index < -0.39 is 0 Å². The Kier molecular flexibility index (Phi) is 7.41. The Morgan fingerprint density at radius 1 is 1.25 bits per heavy atom. The number of hydrogen-bond donors (Lipinski definition) is 3. The van der Waals surface area contributed by atoms with Crippen molar-refractivity contribution in [1.82, 2.24) is 4.98 Å². The Bertz CT molecular complexity index is 938. The fourth-order valence-corrected chi connectivity index (χ4v) is 2.27. The van der Waals surface area contributed by atoms with Gasteiger partial charge in [0.15, 0.2) is 0 Å². The highest BCUT2D eigenvalue weighted by molar-refractivity contribution is 6.30. The maximum atomic E-state index is 12.2. The molecule has 0 aliphatic carbocycles. The molecule has 8 nitrogen and oxygen atoms in total. The average molecular weight is 398 g/mol. The maximum absolute atomic E-state index is 12.2. The summed E-state index contributed by atoms with van der Waals surface area (Å²) in [6, 6.07) is 12.1. The largest absolute Gasteiger partial charge is 0.387 e. The number of aliphatic imine (C=N–C) groups is 2. The number of carbonyl (C=O) groups is 1. The van der Waals surface area contributed by atoms with Gasteiger partial charge < -0.3 is 11.5 Å². The molecular formula is C19H20ClN7O. The van der Waals surface area contributed by atoms with Gasteiger partial charge in [-0.3, -0.25) is 15.1 Å². The molecule has 0 saturated heterocycles. The van der Waals surface area contributed by atoms with Crippen molar-refractivity contribution in [3.05, 3.63) is 65.8 Å². The van der Waals surface area contributed by atoms with Crippen LogP contribution in [0.15, 0.2) is 70.8 Å². The van der Waals surface area contributed by atoms with E-state index in [9.17, 15) is 4.79 Å². The minimum absolute atomic E-state index is 0.00721. The van der Waals surface area contributed by atoms with E-state index in [0.717, 1.165) is 0 Å². The van der Waals surface area contributed by atoms with Crippen LogP contribution in [-0.2, 0) is 4.79 Å². The number of nitrogens with zero attached hydrogens (tertiary/aromatic N) is 4. The lowest BCUT2D eigenvalue weighted by molar-refractivity contribution is -0.117. The lowest BCUT2D eigenvalue weighted by atomic mass is 10.3. The summed E-state index contributed by atoms with van der Waals surface area (Å²) in [6.07, 6.45) is 4.20. The van der Waals surface area contributed by atoms with Crippen LogP contribution in [0.2, 0.25) is 5.02 Å². The van der Waals surface area contributed by atoms with Crippen molar-refractivity contribution in [2.45, 2.75) is 6.42 Å². The number of rotatable bonds is 6. The fourth-order valence-electron chi connectivity index (χ4n) is 2.08. The molecule has 2 rings (SSSR count). The molecule has 0 aliphatic heterocycles. The van der Waals surface area contributed by atoms with Crippen molar-refractivity contribution < 1.29 is 4.79 Å². The predicted octanol–water partition coefficient (Wildman–Crippen LogP) is 2.67. The molecule has 0 spiro atoms. The van der Waals surface area contributed by atoms with E-state index in [1.54, 1.807) is 55.7 Å². The normalized spacial score (nSPS) is 12.2. The molecule has 0 saturated carbocycles. The van der Waals surface area contributed by atoms with E-state index in [1.807, 2.05) is 0 Å². The molecule has 0 bridgehead atoms. The molecule has 2 aromatic rings. The van der Waals surface area contributed by atoms with Gasteiger partial charge in [0.25, 0.3) is 0 Å². The second-order valence-corrected chi connectivity index (χ2v) is 6.09. The van der Waals surface area contributed by atoms with Crippen LogP contribution in [0, 0.1) is 5.41 Å². The summed E-state index contributed by atoms with van der Waals surface area (Å²) in [7, 11) is 1.59. The van der Waals surface area contributed by atoms with E-state index >= 15 is 0 Å². The summed E-state index contributed by atoms with van der Waals surface area (Å²) < 4.78 is 0. The van der Waals surface area contributed by atoms with Crippen LogP contribution in [0.25, 0.3) is 0 Å². The first-order valence-electron chi connectivity index (χ1n) is 8.22. The van der Waals surface area contributed by atoms with Gasteiger partial charge in [-0.05, 0) is 42.5 Å². The van der Waals surface area contributed by atoms with Gasteiger partial charge >= 0.3 is 0 Å². The Morgan fingerprint density at radius 3 is 2.71 bits per heavy atom. The number of halogens is 1. The van der Waals surface area contributed by atoms with E-state index in [4.69, 9.17) is 28.5 Å². The van der Waals surface area contributed by atoms with Gasteiger partial charge in [-0.15, -0.1) is 0 Å². The van der Waals surface area contributed by atoms with Crippen molar-refractivity contribution in [3.8, 4) is 0 Å². The summed E-state index contributed by atoms with van der Waals surface area (Å²) >= 11 is 5.89. The molecule has 0 atom stereocenters. The first-order valence-corrected chi connectivity index (χ1v) is 8.60. The number of benzene rings is 1. The zero-order chi connectivity index (χ0) is 20.5. The predicted molar refractivity (Wildman–Crippen MR) is 113 cm³/mol. The van der Waals surface area contributed by atoms with E-state index in [0.29, 0.717) is 16.5 Å². The van der Waals surface area contributed by atoms with Crippen LogP contribution in [-0.4, -0.2) is 35.4 Å². The lowest BCUT2D eigenvalue weighted by Crippen LogP contribution is -2.31. The molecule has 0 unspecified atom stereocenters. The standard InChI is InChI=1S/C19H20ClN7O/c1-27(18-7-2-3-10-24-18)19(28)12-17(23)26-16(22)9-8-15(21)25-14-6-4-5-13(20)11-14/h2-11H,12H2,1H3,(H2,21,25)(H3,22,23,26)/b9-8-. The van der Waals surface area contributed by atoms with Crippen molar-refractivity contribution in [2.24, 2.45) is 21.5 Å². The van der Waals surface area contributed by atoms with Crippen LogP contribution in [0.1, 0.15) is 6.42 Å². The first kappa shape index (κ1) is 20.8. The van der Waals surface area contributed by atoms with Crippen LogP contribution in [0.5, 0.6) is 0 Å². The molecule has 1 heterocycles. The number of nitrogens with one attached hydrogen (secondary N) is 1. The van der Waals surface area contributed by atoms with Crippen LogP contribution >= 0.6 is 11.6 Å². The van der Waals surface area contributed by atoms with Crippen molar-refractivity contribution >= 4 is 46.5 Å². The molecule has 1 aromatic heterocycles. The molecule has 9 heteroatoms. The molecule has 0 aliphatic rings. The summed E-state index contributed by atoms with van der Waals surface area (Å²) in [5.74, 6) is 0.230. The Hall–Kier alpha value is -3.52. The smallest absolute Gasteiger partial charge is 0.235 e. The SMILES string of the molecule is CN(C(=O)CC(N)=NC(=N)/C=C\C(N)=Nc1cccc(Cl)c1)c1ccccn1. The third-order valence-corrected chi connectivity index (χ3v) is 3.68. The quantitative estimate of drug-likeness (QED) is 0.510. The highest BCUT2D eigenvalue weighted by Crippen LogP contribution is 2.17.